The molecular formula is C14H11FN2O3. The Labute approximate surface area is 114 Å². The van der Waals surface area contributed by atoms with Gasteiger partial charge in [0.25, 0.3) is 0 Å². The average Bonchev–Trinajstić information content (AvgIpc) is 2.89. The van der Waals surface area contributed by atoms with Crippen LogP contribution >= 0.6 is 0 Å². The van der Waals surface area contributed by atoms with Crippen LogP contribution in [0.3, 0.4) is 0 Å². The Morgan fingerprint density at radius 2 is 2.25 bits per heavy atom. The van der Waals surface area contributed by atoms with E-state index in [0.717, 1.165) is 6.07 Å². The number of anilines is 1. The van der Waals surface area contributed by atoms with E-state index >= 15 is 0 Å². The first-order valence-electron chi connectivity index (χ1n) is 5.77. The summed E-state index contributed by atoms with van der Waals surface area (Å²) < 4.78 is 18.6. The topological polar surface area (TPSA) is 86.3 Å². The number of carbonyl (C=O) groups is 1. The molecule has 5 nitrogen and oxygen atoms in total. The van der Waals surface area contributed by atoms with Gasteiger partial charge in [-0.05, 0) is 31.2 Å². The fourth-order valence-electron chi connectivity index (χ4n) is 1.70. The zero-order chi connectivity index (χ0) is 14.7. The standard InChI is InChI=1S/C14H11FN2O3/c1-8-11(15)4-9(6-16)5-12(8)17-7-10-2-3-13(20-10)14(18)19/h2-5,17H,7H2,1H3,(H,18,19). The second kappa shape index (κ2) is 5.45. The highest BCUT2D eigenvalue weighted by Crippen LogP contribution is 2.21. The molecule has 2 aromatic rings. The Hall–Kier alpha value is -2.81. The predicted octanol–water partition coefficient (Wildman–Crippen LogP) is 2.91. The summed E-state index contributed by atoms with van der Waals surface area (Å²) in [7, 11) is 0. The lowest BCUT2D eigenvalue weighted by Crippen LogP contribution is -2.02. The minimum atomic E-state index is -1.15. The number of nitriles is 1. The lowest BCUT2D eigenvalue weighted by Gasteiger charge is -2.09. The van der Waals surface area contributed by atoms with Crippen LogP contribution in [0.4, 0.5) is 10.1 Å². The fraction of sp³-hybridized carbons (Fsp3) is 0.143. The molecule has 0 radical (unpaired) electrons. The molecule has 0 aliphatic heterocycles. The third kappa shape index (κ3) is 2.78. The fourth-order valence-corrected chi connectivity index (χ4v) is 1.70. The third-order valence-corrected chi connectivity index (χ3v) is 2.80. The first-order valence-corrected chi connectivity index (χ1v) is 5.77. The zero-order valence-electron chi connectivity index (χ0n) is 10.6. The molecule has 0 saturated heterocycles. The van der Waals surface area contributed by atoms with Gasteiger partial charge in [-0.25, -0.2) is 9.18 Å². The number of halogens is 1. The summed E-state index contributed by atoms with van der Waals surface area (Å²) in [5.41, 5.74) is 1.06. The zero-order valence-corrected chi connectivity index (χ0v) is 10.6. The van der Waals surface area contributed by atoms with E-state index in [1.165, 1.54) is 18.2 Å². The van der Waals surface area contributed by atoms with Gasteiger partial charge in [-0.1, -0.05) is 0 Å². The second-order valence-corrected chi connectivity index (χ2v) is 4.17. The van der Waals surface area contributed by atoms with E-state index in [4.69, 9.17) is 14.8 Å². The van der Waals surface area contributed by atoms with Crippen molar-refractivity contribution in [2.24, 2.45) is 0 Å². The highest BCUT2D eigenvalue weighted by atomic mass is 19.1. The molecule has 2 N–H and O–H groups in total. The van der Waals surface area contributed by atoms with Crippen LogP contribution in [0.2, 0.25) is 0 Å². The van der Waals surface area contributed by atoms with Crippen molar-refractivity contribution in [2.45, 2.75) is 13.5 Å². The van der Waals surface area contributed by atoms with Gasteiger partial charge in [0.2, 0.25) is 5.76 Å². The third-order valence-electron chi connectivity index (χ3n) is 2.80. The minimum absolute atomic E-state index is 0.157. The smallest absolute Gasteiger partial charge is 0.371 e. The van der Waals surface area contributed by atoms with Crippen LogP contribution in [-0.4, -0.2) is 11.1 Å². The minimum Gasteiger partial charge on any atom is -0.475 e. The molecule has 6 heteroatoms. The van der Waals surface area contributed by atoms with Crippen molar-refractivity contribution in [3.8, 4) is 6.07 Å². The van der Waals surface area contributed by atoms with Crippen LogP contribution in [-0.2, 0) is 6.54 Å². The molecule has 1 heterocycles. The normalized spacial score (nSPS) is 10.1. The maximum absolute atomic E-state index is 13.6. The van der Waals surface area contributed by atoms with Crippen LogP contribution in [0.25, 0.3) is 0 Å². The number of carboxylic acids is 1. The molecule has 1 aromatic carbocycles. The van der Waals surface area contributed by atoms with Gasteiger partial charge in [-0.3, -0.25) is 0 Å². The molecule has 0 aliphatic carbocycles. The number of furan rings is 1. The number of rotatable bonds is 4. The van der Waals surface area contributed by atoms with Gasteiger partial charge in [-0.15, -0.1) is 0 Å². The summed E-state index contributed by atoms with van der Waals surface area (Å²) in [5, 5.41) is 20.5. The quantitative estimate of drug-likeness (QED) is 0.895. The predicted molar refractivity (Wildman–Crippen MR) is 68.8 cm³/mol. The van der Waals surface area contributed by atoms with Crippen molar-refractivity contribution in [2.75, 3.05) is 5.32 Å². The summed E-state index contributed by atoms with van der Waals surface area (Å²) in [6, 6.07) is 7.43. The summed E-state index contributed by atoms with van der Waals surface area (Å²) in [5.74, 6) is -1.37. The van der Waals surface area contributed by atoms with Gasteiger partial charge in [0.05, 0.1) is 18.2 Å². The number of carboxylic acid groups (broad SMARTS) is 1. The lowest BCUT2D eigenvalue weighted by atomic mass is 10.1. The molecule has 0 amide bonds. The number of nitrogens with one attached hydrogen (secondary N) is 1. The van der Waals surface area contributed by atoms with E-state index in [1.54, 1.807) is 6.92 Å². The number of hydrogen-bond acceptors (Lipinski definition) is 4. The molecule has 20 heavy (non-hydrogen) atoms. The largest absolute Gasteiger partial charge is 0.475 e. The Bertz CT molecular complexity index is 701. The molecule has 0 aliphatic rings. The van der Waals surface area contributed by atoms with E-state index in [2.05, 4.69) is 5.32 Å². The Morgan fingerprint density at radius 3 is 2.85 bits per heavy atom. The van der Waals surface area contributed by atoms with E-state index in [-0.39, 0.29) is 17.9 Å². The molecule has 0 atom stereocenters. The highest BCUT2D eigenvalue weighted by molar-refractivity contribution is 5.84. The molecule has 0 saturated carbocycles. The summed E-state index contributed by atoms with van der Waals surface area (Å²) in [6.07, 6.45) is 0. The average molecular weight is 274 g/mol. The molecule has 0 bridgehead atoms. The second-order valence-electron chi connectivity index (χ2n) is 4.17. The van der Waals surface area contributed by atoms with Gasteiger partial charge in [0.15, 0.2) is 0 Å². The van der Waals surface area contributed by atoms with Crippen LogP contribution in [0.1, 0.15) is 27.4 Å². The van der Waals surface area contributed by atoms with E-state index in [1.807, 2.05) is 6.07 Å². The van der Waals surface area contributed by atoms with Crippen LogP contribution in [0, 0.1) is 24.1 Å². The molecule has 102 valence electrons. The molecule has 0 unspecified atom stereocenters. The summed E-state index contributed by atoms with van der Waals surface area (Å²) >= 11 is 0. The number of benzene rings is 1. The molecular weight excluding hydrogens is 263 g/mol. The van der Waals surface area contributed by atoms with Crippen LogP contribution in [0.15, 0.2) is 28.7 Å². The van der Waals surface area contributed by atoms with Crippen molar-refractivity contribution < 1.29 is 18.7 Å². The van der Waals surface area contributed by atoms with Crippen molar-refractivity contribution in [1.82, 2.24) is 0 Å². The first-order chi connectivity index (χ1) is 9.51. The van der Waals surface area contributed by atoms with Gasteiger partial charge in [0, 0.05) is 11.3 Å². The maximum Gasteiger partial charge on any atom is 0.371 e. The van der Waals surface area contributed by atoms with Gasteiger partial charge in [0.1, 0.15) is 11.6 Å². The van der Waals surface area contributed by atoms with Crippen molar-refractivity contribution in [3.05, 3.63) is 52.7 Å². The Balaban J connectivity index is 2.16. The summed E-state index contributed by atoms with van der Waals surface area (Å²) in [4.78, 5) is 10.7. The van der Waals surface area contributed by atoms with Crippen molar-refractivity contribution in [1.29, 1.82) is 5.26 Å². The molecule has 1 aromatic heterocycles. The van der Waals surface area contributed by atoms with Crippen LogP contribution < -0.4 is 5.32 Å². The maximum atomic E-state index is 13.6. The van der Waals surface area contributed by atoms with Gasteiger partial charge in [-0.2, -0.15) is 5.26 Å². The summed E-state index contributed by atoms with van der Waals surface area (Å²) in [6.45, 7) is 1.78. The monoisotopic (exact) mass is 274 g/mol. The number of aromatic carboxylic acids is 1. The molecule has 0 fully saturated rings. The first kappa shape index (κ1) is 13.6. The molecule has 0 spiro atoms. The van der Waals surface area contributed by atoms with E-state index in [9.17, 15) is 9.18 Å². The van der Waals surface area contributed by atoms with E-state index in [0.29, 0.717) is 17.0 Å². The number of hydrogen-bond donors (Lipinski definition) is 2. The molecule has 2 rings (SSSR count). The number of nitrogens with zero attached hydrogens (tertiary/aromatic N) is 1. The van der Waals surface area contributed by atoms with Crippen LogP contribution in [0.5, 0.6) is 0 Å². The lowest BCUT2D eigenvalue weighted by molar-refractivity contribution is 0.0660. The van der Waals surface area contributed by atoms with Crippen molar-refractivity contribution >= 4 is 11.7 Å². The van der Waals surface area contributed by atoms with Crippen molar-refractivity contribution in [3.63, 3.8) is 0 Å². The van der Waals surface area contributed by atoms with Gasteiger partial charge >= 0.3 is 5.97 Å². The Kier molecular flexibility index (Phi) is 3.71. The highest BCUT2D eigenvalue weighted by Gasteiger charge is 2.10. The van der Waals surface area contributed by atoms with E-state index < -0.39 is 11.8 Å². The SMILES string of the molecule is Cc1c(F)cc(C#N)cc1NCc1ccc(C(=O)O)o1. The Morgan fingerprint density at radius 1 is 1.50 bits per heavy atom. The van der Waals surface area contributed by atoms with Gasteiger partial charge < -0.3 is 14.8 Å².